The molecule has 5 rings (SSSR count). The van der Waals surface area contributed by atoms with Crippen LogP contribution in [0.15, 0.2) is 84.0 Å². The monoisotopic (exact) mass is 413 g/mol. The van der Waals surface area contributed by atoms with E-state index in [0.717, 1.165) is 28.4 Å². The van der Waals surface area contributed by atoms with Gasteiger partial charge < -0.3 is 14.2 Å². The first kappa shape index (κ1) is 18.7. The largest absolute Gasteiger partial charge is 0.477 e. The second-order valence-corrected chi connectivity index (χ2v) is 7.20. The van der Waals surface area contributed by atoms with Crippen LogP contribution in [0.2, 0.25) is 0 Å². The van der Waals surface area contributed by atoms with Crippen molar-refractivity contribution in [3.05, 3.63) is 106 Å². The molecule has 0 atom stereocenters. The van der Waals surface area contributed by atoms with Gasteiger partial charge in [0.1, 0.15) is 11.4 Å². The number of carboxylic acids is 1. The van der Waals surface area contributed by atoms with Crippen LogP contribution in [0.3, 0.4) is 0 Å². The number of carboxylic acid groups (broad SMARTS) is 1. The van der Waals surface area contributed by atoms with Crippen LogP contribution in [0, 0.1) is 5.82 Å². The first-order chi connectivity index (χ1) is 15.0. The highest BCUT2D eigenvalue weighted by Crippen LogP contribution is 2.21. The summed E-state index contributed by atoms with van der Waals surface area (Å²) in [4.78, 5) is 28.3. The molecule has 0 saturated carbocycles. The topological polar surface area (TPSA) is 77.1 Å². The van der Waals surface area contributed by atoms with Gasteiger partial charge in [0.2, 0.25) is 5.43 Å². The molecule has 0 radical (unpaired) electrons. The first-order valence-corrected chi connectivity index (χ1v) is 9.59. The number of hydrogen-bond acceptors (Lipinski definition) is 3. The molecule has 3 heterocycles. The molecule has 31 heavy (non-hydrogen) atoms. The molecule has 0 amide bonds. The van der Waals surface area contributed by atoms with Crippen molar-refractivity contribution in [2.45, 2.75) is 6.54 Å². The highest BCUT2D eigenvalue weighted by atomic mass is 19.1. The Morgan fingerprint density at radius 3 is 2.55 bits per heavy atom. The summed E-state index contributed by atoms with van der Waals surface area (Å²) in [5.74, 6) is -2.12. The molecular weight excluding hydrogens is 397 g/mol. The average molecular weight is 413 g/mol. The number of hydrogen-bond donors (Lipinski definition) is 1. The Kier molecular flexibility index (Phi) is 4.36. The summed E-state index contributed by atoms with van der Waals surface area (Å²) < 4.78 is 17.9. The molecule has 3 aromatic heterocycles. The van der Waals surface area contributed by atoms with E-state index >= 15 is 0 Å². The summed E-state index contributed by atoms with van der Waals surface area (Å²) in [7, 11) is 0. The summed E-state index contributed by atoms with van der Waals surface area (Å²) in [5.41, 5.74) is 2.79. The number of aromatic carboxylic acids is 1. The zero-order valence-electron chi connectivity index (χ0n) is 16.2. The van der Waals surface area contributed by atoms with Gasteiger partial charge in [-0.25, -0.2) is 9.18 Å². The first-order valence-electron chi connectivity index (χ1n) is 9.59. The normalized spacial score (nSPS) is 11.3. The third-order valence-corrected chi connectivity index (χ3v) is 5.31. The smallest absolute Gasteiger partial charge is 0.341 e. The van der Waals surface area contributed by atoms with E-state index < -0.39 is 22.8 Å². The summed E-state index contributed by atoms with van der Waals surface area (Å²) in [6.07, 6.45) is 4.97. The fourth-order valence-electron chi connectivity index (χ4n) is 3.83. The summed E-state index contributed by atoms with van der Waals surface area (Å²) in [6, 6.07) is 17.8. The van der Waals surface area contributed by atoms with Gasteiger partial charge in [-0.2, -0.15) is 0 Å². The predicted molar refractivity (Wildman–Crippen MR) is 115 cm³/mol. The molecule has 2 aromatic carbocycles. The molecule has 0 aliphatic rings. The van der Waals surface area contributed by atoms with Crippen LogP contribution >= 0.6 is 0 Å². The lowest BCUT2D eigenvalue weighted by molar-refractivity contribution is 0.0695. The van der Waals surface area contributed by atoms with E-state index in [-0.39, 0.29) is 11.9 Å². The summed E-state index contributed by atoms with van der Waals surface area (Å²) >= 11 is 0. The van der Waals surface area contributed by atoms with Crippen molar-refractivity contribution >= 4 is 27.9 Å². The number of pyridine rings is 2. The molecule has 0 unspecified atom stereocenters. The molecule has 6 nitrogen and oxygen atoms in total. The van der Waals surface area contributed by atoms with Gasteiger partial charge >= 0.3 is 5.97 Å². The molecule has 7 heteroatoms. The van der Waals surface area contributed by atoms with Gasteiger partial charge in [-0.3, -0.25) is 9.78 Å². The van der Waals surface area contributed by atoms with Crippen LogP contribution in [0.25, 0.3) is 27.6 Å². The minimum Gasteiger partial charge on any atom is -0.477 e. The molecule has 0 fully saturated rings. The van der Waals surface area contributed by atoms with E-state index in [1.165, 1.54) is 12.3 Å². The third kappa shape index (κ3) is 3.16. The number of carbonyl (C=O) groups is 1. The maximum atomic E-state index is 14.3. The Hall–Kier alpha value is -4.26. The Morgan fingerprint density at radius 2 is 1.77 bits per heavy atom. The van der Waals surface area contributed by atoms with Crippen molar-refractivity contribution in [1.29, 1.82) is 0 Å². The Balaban J connectivity index is 1.56. The molecule has 152 valence electrons. The van der Waals surface area contributed by atoms with Gasteiger partial charge in [0, 0.05) is 30.8 Å². The molecule has 0 spiro atoms. The maximum absolute atomic E-state index is 14.3. The molecule has 5 aromatic rings. The predicted octanol–water partition coefficient (Wildman–Crippen LogP) is 4.23. The van der Waals surface area contributed by atoms with Crippen molar-refractivity contribution in [3.63, 3.8) is 0 Å². The third-order valence-electron chi connectivity index (χ3n) is 5.31. The van der Waals surface area contributed by atoms with Gasteiger partial charge in [0.15, 0.2) is 0 Å². The van der Waals surface area contributed by atoms with E-state index in [1.54, 1.807) is 16.8 Å². The lowest BCUT2D eigenvalue weighted by atomic mass is 10.1. The number of aromatic nitrogens is 3. The number of benzene rings is 2. The van der Waals surface area contributed by atoms with E-state index in [0.29, 0.717) is 5.52 Å². The number of fused-ring (bicyclic) bond motifs is 2. The van der Waals surface area contributed by atoms with E-state index in [2.05, 4.69) is 4.98 Å². The standard InChI is InChI=1S/C24H16FN3O3/c25-18-3-1-4-21-22(18)23(29)17(24(30)31)14-27(21)13-15-6-8-16(9-7-15)28-12-10-19-20(28)5-2-11-26-19/h1-12,14H,13H2,(H,30,31). The fourth-order valence-corrected chi connectivity index (χ4v) is 3.83. The molecular formula is C24H16FN3O3. The van der Waals surface area contributed by atoms with Crippen molar-refractivity contribution in [2.75, 3.05) is 0 Å². The van der Waals surface area contributed by atoms with Crippen molar-refractivity contribution in [2.24, 2.45) is 0 Å². The van der Waals surface area contributed by atoms with Crippen LogP contribution in [-0.4, -0.2) is 25.2 Å². The van der Waals surface area contributed by atoms with Gasteiger partial charge in [0.05, 0.1) is 21.9 Å². The second kappa shape index (κ2) is 7.21. The Bertz CT molecular complexity index is 1520. The molecule has 1 N–H and O–H groups in total. The van der Waals surface area contributed by atoms with Crippen LogP contribution in [0.5, 0.6) is 0 Å². The van der Waals surface area contributed by atoms with Crippen LogP contribution in [-0.2, 0) is 6.54 Å². The molecule has 0 saturated heterocycles. The van der Waals surface area contributed by atoms with Gasteiger partial charge in [0.25, 0.3) is 0 Å². The quantitative estimate of drug-likeness (QED) is 0.478. The zero-order chi connectivity index (χ0) is 21.5. The molecule has 0 aliphatic heterocycles. The average Bonchev–Trinajstić information content (AvgIpc) is 3.20. The van der Waals surface area contributed by atoms with Crippen molar-refractivity contribution < 1.29 is 14.3 Å². The van der Waals surface area contributed by atoms with Gasteiger partial charge in [-0.1, -0.05) is 18.2 Å². The fraction of sp³-hybridized carbons (Fsp3) is 0.0417. The lowest BCUT2D eigenvalue weighted by Gasteiger charge is -2.13. The van der Waals surface area contributed by atoms with E-state index in [1.807, 2.05) is 53.2 Å². The van der Waals surface area contributed by atoms with Gasteiger partial charge in [-0.05, 0) is 48.0 Å². The zero-order valence-corrected chi connectivity index (χ0v) is 16.2. The van der Waals surface area contributed by atoms with E-state index in [9.17, 15) is 19.1 Å². The van der Waals surface area contributed by atoms with Crippen LogP contribution in [0.4, 0.5) is 4.39 Å². The minimum absolute atomic E-state index is 0.217. The van der Waals surface area contributed by atoms with Crippen LogP contribution < -0.4 is 5.43 Å². The van der Waals surface area contributed by atoms with Crippen LogP contribution in [0.1, 0.15) is 15.9 Å². The number of halogens is 1. The minimum atomic E-state index is -1.38. The van der Waals surface area contributed by atoms with Gasteiger partial charge in [-0.15, -0.1) is 0 Å². The Labute approximate surface area is 175 Å². The molecule has 0 aliphatic carbocycles. The highest BCUT2D eigenvalue weighted by molar-refractivity contribution is 5.92. The van der Waals surface area contributed by atoms with E-state index in [4.69, 9.17) is 0 Å². The summed E-state index contributed by atoms with van der Waals surface area (Å²) in [6.45, 7) is 0.286. The number of rotatable bonds is 4. The highest BCUT2D eigenvalue weighted by Gasteiger charge is 2.17. The molecule has 0 bridgehead atoms. The lowest BCUT2D eigenvalue weighted by Crippen LogP contribution is -2.20. The number of nitrogens with zero attached hydrogens (tertiary/aromatic N) is 3. The Morgan fingerprint density at radius 1 is 1.00 bits per heavy atom. The maximum Gasteiger partial charge on any atom is 0.341 e. The SMILES string of the molecule is O=C(O)c1cn(Cc2ccc(-n3ccc4ncccc43)cc2)c2cccc(F)c2c1=O. The second-order valence-electron chi connectivity index (χ2n) is 7.20. The van der Waals surface area contributed by atoms with Crippen molar-refractivity contribution in [1.82, 2.24) is 14.1 Å². The van der Waals surface area contributed by atoms with Crippen molar-refractivity contribution in [3.8, 4) is 5.69 Å². The summed E-state index contributed by atoms with van der Waals surface area (Å²) in [5, 5.41) is 9.17.